The Morgan fingerprint density at radius 1 is 1.03 bits per heavy atom. The number of amides is 1. The van der Waals surface area contributed by atoms with Crippen molar-refractivity contribution in [3.8, 4) is 11.8 Å². The number of rotatable bonds is 4. The van der Waals surface area contributed by atoms with Gasteiger partial charge in [-0.15, -0.1) is 0 Å². The van der Waals surface area contributed by atoms with Crippen LogP contribution in [0.15, 0.2) is 54.1 Å². The summed E-state index contributed by atoms with van der Waals surface area (Å²) < 4.78 is 41.0. The zero-order chi connectivity index (χ0) is 23.6. The van der Waals surface area contributed by atoms with E-state index in [4.69, 9.17) is 0 Å². The lowest BCUT2D eigenvalue weighted by Gasteiger charge is -2.13. The second-order valence-corrected chi connectivity index (χ2v) is 7.63. The van der Waals surface area contributed by atoms with Crippen molar-refractivity contribution in [1.29, 1.82) is 5.26 Å². The van der Waals surface area contributed by atoms with Crippen LogP contribution in [0.4, 0.5) is 18.9 Å². The van der Waals surface area contributed by atoms with E-state index in [-0.39, 0.29) is 5.57 Å². The van der Waals surface area contributed by atoms with Gasteiger partial charge >= 0.3 is 6.18 Å². The van der Waals surface area contributed by atoms with Crippen LogP contribution in [0.2, 0.25) is 0 Å². The quantitative estimate of drug-likeness (QED) is 0.386. The van der Waals surface area contributed by atoms with E-state index in [1.54, 1.807) is 36.6 Å². The number of carbonyl (C=O) groups is 1. The minimum Gasteiger partial charge on any atom is -0.321 e. The summed E-state index contributed by atoms with van der Waals surface area (Å²) in [5.74, 6) is -0.556. The maximum Gasteiger partial charge on any atom is 0.416 e. The van der Waals surface area contributed by atoms with E-state index in [2.05, 4.69) is 5.32 Å². The summed E-state index contributed by atoms with van der Waals surface area (Å²) in [6.45, 7) is 7.37. The normalized spacial score (nSPS) is 11.9. The second kappa shape index (κ2) is 8.75. The number of carbonyl (C=O) groups excluding carboxylic acids is 1. The molecule has 4 nitrogen and oxygen atoms in total. The molecule has 7 heteroatoms. The fraction of sp³-hybridized carbons (Fsp3) is 0.200. The molecule has 0 fully saturated rings. The van der Waals surface area contributed by atoms with Crippen LogP contribution in [0.25, 0.3) is 11.8 Å². The van der Waals surface area contributed by atoms with Crippen LogP contribution >= 0.6 is 0 Å². The highest BCUT2D eigenvalue weighted by Gasteiger charge is 2.30. The average molecular weight is 437 g/mol. The number of hydrogen-bond acceptors (Lipinski definition) is 2. The van der Waals surface area contributed by atoms with Gasteiger partial charge in [0.15, 0.2) is 0 Å². The molecule has 1 aromatic heterocycles. The van der Waals surface area contributed by atoms with Crippen LogP contribution in [0.5, 0.6) is 0 Å². The van der Waals surface area contributed by atoms with Crippen molar-refractivity contribution in [2.24, 2.45) is 0 Å². The molecule has 0 aliphatic carbocycles. The first kappa shape index (κ1) is 22.9. The van der Waals surface area contributed by atoms with Crippen molar-refractivity contribution in [3.63, 3.8) is 0 Å². The van der Waals surface area contributed by atoms with Crippen molar-refractivity contribution < 1.29 is 18.0 Å². The third-order valence-electron chi connectivity index (χ3n) is 5.33. The van der Waals surface area contributed by atoms with Gasteiger partial charge in [0.05, 0.1) is 5.56 Å². The predicted molar refractivity (Wildman–Crippen MR) is 118 cm³/mol. The molecule has 1 amide bonds. The molecule has 0 unspecified atom stereocenters. The number of hydrogen-bond donors (Lipinski definition) is 1. The lowest BCUT2D eigenvalue weighted by molar-refractivity contribution is -0.137. The first-order valence-corrected chi connectivity index (χ1v) is 9.88. The Bertz CT molecular complexity index is 1260. The summed E-state index contributed by atoms with van der Waals surface area (Å²) in [6.07, 6.45) is -3.00. The Morgan fingerprint density at radius 2 is 1.75 bits per heavy atom. The summed E-state index contributed by atoms with van der Waals surface area (Å²) in [4.78, 5) is 12.6. The van der Waals surface area contributed by atoms with Crippen LogP contribution < -0.4 is 5.32 Å². The highest BCUT2D eigenvalue weighted by molar-refractivity contribution is 6.09. The molecule has 2 aromatic carbocycles. The molecule has 1 heterocycles. The number of halogens is 3. The summed E-state index contributed by atoms with van der Waals surface area (Å²) in [7, 11) is 0. The van der Waals surface area contributed by atoms with Crippen molar-refractivity contribution in [3.05, 3.63) is 87.7 Å². The molecule has 32 heavy (non-hydrogen) atoms. The molecule has 3 rings (SSSR count). The third-order valence-corrected chi connectivity index (χ3v) is 5.33. The molecular weight excluding hydrogens is 415 g/mol. The van der Waals surface area contributed by atoms with Crippen LogP contribution in [0.3, 0.4) is 0 Å². The fourth-order valence-electron chi connectivity index (χ4n) is 3.47. The molecule has 0 saturated carbocycles. The smallest absolute Gasteiger partial charge is 0.321 e. The molecule has 164 valence electrons. The molecule has 0 spiro atoms. The van der Waals surface area contributed by atoms with E-state index >= 15 is 0 Å². The molecule has 1 N–H and O–H groups in total. The van der Waals surface area contributed by atoms with Crippen molar-refractivity contribution in [1.82, 2.24) is 4.57 Å². The molecule has 0 radical (unpaired) electrons. The molecule has 0 aliphatic rings. The lowest BCUT2D eigenvalue weighted by atomic mass is 10.1. The van der Waals surface area contributed by atoms with Crippen molar-refractivity contribution in [2.75, 3.05) is 5.32 Å². The Hall–Kier alpha value is -3.79. The van der Waals surface area contributed by atoms with Crippen LogP contribution in [-0.4, -0.2) is 10.5 Å². The molecular formula is C25H22F3N3O. The number of benzene rings is 2. The second-order valence-electron chi connectivity index (χ2n) is 7.63. The summed E-state index contributed by atoms with van der Waals surface area (Å²) >= 11 is 0. The third kappa shape index (κ3) is 4.75. The van der Waals surface area contributed by atoms with Gasteiger partial charge in [0.2, 0.25) is 0 Å². The standard InChI is InChI=1S/C25H22F3N3O/c1-15-8-9-22(10-16(15)2)30-24(32)20(14-29)12-19-11-17(3)31(18(19)4)23-7-5-6-21(13-23)25(26,27)28/h5-13H,1-4H3,(H,30,32)/b20-12-. The minimum atomic E-state index is -4.45. The summed E-state index contributed by atoms with van der Waals surface area (Å²) in [5, 5.41) is 12.2. The van der Waals surface area contributed by atoms with Gasteiger partial charge in [-0.25, -0.2) is 0 Å². The molecule has 0 atom stereocenters. The monoisotopic (exact) mass is 437 g/mol. The maximum atomic E-state index is 13.1. The predicted octanol–water partition coefficient (Wildman–Crippen LogP) is 6.28. The Kier molecular flexibility index (Phi) is 6.26. The SMILES string of the molecule is Cc1ccc(NC(=O)/C(C#N)=C\c2cc(C)n(-c3cccc(C(F)(F)F)c3)c2C)cc1C. The Morgan fingerprint density at radius 3 is 2.38 bits per heavy atom. The van der Waals surface area contributed by atoms with Gasteiger partial charge in [-0.2, -0.15) is 18.4 Å². The average Bonchev–Trinajstić information content (AvgIpc) is 3.01. The number of nitrogens with one attached hydrogen (secondary N) is 1. The van der Waals surface area contributed by atoms with E-state index in [1.165, 1.54) is 12.1 Å². The van der Waals surface area contributed by atoms with Gasteiger partial charge in [0, 0.05) is 22.8 Å². The molecule has 0 bridgehead atoms. The van der Waals surface area contributed by atoms with E-state index < -0.39 is 17.6 Å². The fourth-order valence-corrected chi connectivity index (χ4v) is 3.47. The van der Waals surface area contributed by atoms with E-state index in [9.17, 15) is 23.2 Å². The van der Waals surface area contributed by atoms with Crippen LogP contribution in [-0.2, 0) is 11.0 Å². The lowest BCUT2D eigenvalue weighted by Crippen LogP contribution is -2.13. The van der Waals surface area contributed by atoms with Crippen LogP contribution in [0.1, 0.15) is 33.6 Å². The zero-order valence-corrected chi connectivity index (χ0v) is 18.1. The van der Waals surface area contributed by atoms with Gasteiger partial charge in [0.1, 0.15) is 11.6 Å². The minimum absolute atomic E-state index is 0.104. The van der Waals surface area contributed by atoms with E-state index in [0.29, 0.717) is 28.3 Å². The maximum absolute atomic E-state index is 13.1. The number of anilines is 1. The Labute approximate surface area is 184 Å². The first-order chi connectivity index (χ1) is 15.0. The largest absolute Gasteiger partial charge is 0.416 e. The van der Waals surface area contributed by atoms with Gasteiger partial charge in [-0.3, -0.25) is 4.79 Å². The van der Waals surface area contributed by atoms with E-state index in [1.807, 2.05) is 32.0 Å². The number of nitriles is 1. The van der Waals surface area contributed by atoms with Crippen molar-refractivity contribution >= 4 is 17.7 Å². The highest BCUT2D eigenvalue weighted by atomic mass is 19.4. The highest BCUT2D eigenvalue weighted by Crippen LogP contribution is 2.31. The van der Waals surface area contributed by atoms with Gasteiger partial charge in [0.25, 0.3) is 5.91 Å². The molecule has 0 aliphatic heterocycles. The first-order valence-electron chi connectivity index (χ1n) is 9.88. The summed E-state index contributed by atoms with van der Waals surface area (Å²) in [5.41, 5.74) is 4.05. The topological polar surface area (TPSA) is 57.8 Å². The van der Waals surface area contributed by atoms with Crippen LogP contribution in [0, 0.1) is 39.0 Å². The molecule has 0 saturated heterocycles. The number of alkyl halides is 3. The van der Waals surface area contributed by atoms with Gasteiger partial charge in [-0.05, 0) is 86.9 Å². The zero-order valence-electron chi connectivity index (χ0n) is 18.1. The number of aromatic nitrogens is 1. The number of nitrogens with zero attached hydrogens (tertiary/aromatic N) is 2. The van der Waals surface area contributed by atoms with Gasteiger partial charge < -0.3 is 9.88 Å². The summed E-state index contributed by atoms with van der Waals surface area (Å²) in [6, 6.07) is 14.1. The molecule has 3 aromatic rings. The van der Waals surface area contributed by atoms with Gasteiger partial charge in [-0.1, -0.05) is 12.1 Å². The Balaban J connectivity index is 1.95. The van der Waals surface area contributed by atoms with E-state index in [0.717, 1.165) is 23.3 Å². The number of aryl methyl sites for hydroxylation is 3. The van der Waals surface area contributed by atoms with Crippen molar-refractivity contribution in [2.45, 2.75) is 33.9 Å².